The van der Waals surface area contributed by atoms with E-state index in [1.54, 1.807) is 6.20 Å². The molecule has 0 atom stereocenters. The summed E-state index contributed by atoms with van der Waals surface area (Å²) in [5.41, 5.74) is 4.43. The molecule has 3 nitrogen and oxygen atoms in total. The highest BCUT2D eigenvalue weighted by Crippen LogP contribution is 2.23. The van der Waals surface area contributed by atoms with Crippen molar-refractivity contribution in [3.05, 3.63) is 41.0 Å². The molecular weight excluding hydrogens is 198 g/mol. The molecule has 1 heterocycles. The first kappa shape index (κ1) is 9.40. The van der Waals surface area contributed by atoms with E-state index in [4.69, 9.17) is 17.4 Å². The summed E-state index contributed by atoms with van der Waals surface area (Å²) < 4.78 is 0. The Bertz CT molecular complexity index is 456. The van der Waals surface area contributed by atoms with Crippen LogP contribution in [0.3, 0.4) is 0 Å². The zero-order chi connectivity index (χ0) is 9.97. The maximum Gasteiger partial charge on any atom is 0.0762 e. The first-order valence-electron chi connectivity index (χ1n) is 4.28. The number of pyridine rings is 1. The van der Waals surface area contributed by atoms with Crippen molar-refractivity contribution in [2.24, 2.45) is 5.84 Å². The molecule has 0 aliphatic carbocycles. The van der Waals surface area contributed by atoms with Crippen molar-refractivity contribution < 1.29 is 0 Å². The van der Waals surface area contributed by atoms with Crippen LogP contribution in [-0.4, -0.2) is 4.98 Å². The van der Waals surface area contributed by atoms with Crippen LogP contribution in [0.5, 0.6) is 0 Å². The molecule has 1 aromatic heterocycles. The number of fused-ring (bicyclic) bond motifs is 1. The summed E-state index contributed by atoms with van der Waals surface area (Å²) in [6.07, 6.45) is 1.75. The number of hydrogen-bond donors (Lipinski definition) is 2. The van der Waals surface area contributed by atoms with Crippen LogP contribution in [-0.2, 0) is 6.54 Å². The maximum atomic E-state index is 6.05. The maximum absolute atomic E-state index is 6.05. The molecule has 0 amide bonds. The first-order valence-corrected chi connectivity index (χ1v) is 4.66. The lowest BCUT2D eigenvalue weighted by atomic mass is 10.1. The van der Waals surface area contributed by atoms with Crippen molar-refractivity contribution in [2.45, 2.75) is 6.54 Å². The molecule has 0 unspecified atom stereocenters. The molecule has 0 radical (unpaired) electrons. The van der Waals surface area contributed by atoms with Gasteiger partial charge in [0.25, 0.3) is 0 Å². The van der Waals surface area contributed by atoms with Gasteiger partial charge in [-0.05, 0) is 12.1 Å². The number of halogens is 1. The Morgan fingerprint density at radius 1 is 1.36 bits per heavy atom. The van der Waals surface area contributed by atoms with Gasteiger partial charge in [-0.2, -0.15) is 0 Å². The normalized spacial score (nSPS) is 10.7. The Balaban J connectivity index is 2.69. The Morgan fingerprint density at radius 3 is 3.00 bits per heavy atom. The number of hydrazine groups is 1. The second-order valence-electron chi connectivity index (χ2n) is 2.98. The molecule has 0 spiro atoms. The van der Waals surface area contributed by atoms with Crippen molar-refractivity contribution >= 4 is 22.5 Å². The van der Waals surface area contributed by atoms with Gasteiger partial charge >= 0.3 is 0 Å². The van der Waals surface area contributed by atoms with Crippen LogP contribution in [0.2, 0.25) is 5.02 Å². The molecule has 0 fully saturated rings. The highest BCUT2D eigenvalue weighted by Gasteiger charge is 2.05. The number of aromatic nitrogens is 1. The van der Waals surface area contributed by atoms with Crippen molar-refractivity contribution in [1.29, 1.82) is 0 Å². The van der Waals surface area contributed by atoms with E-state index in [9.17, 15) is 0 Å². The van der Waals surface area contributed by atoms with E-state index in [1.165, 1.54) is 0 Å². The Labute approximate surface area is 86.9 Å². The summed E-state index contributed by atoms with van der Waals surface area (Å²) in [7, 11) is 0. The van der Waals surface area contributed by atoms with Crippen LogP contribution < -0.4 is 11.3 Å². The highest BCUT2D eigenvalue weighted by atomic mass is 35.5. The fourth-order valence-corrected chi connectivity index (χ4v) is 1.67. The zero-order valence-corrected chi connectivity index (χ0v) is 8.25. The molecule has 0 bridgehead atoms. The number of nitrogens with one attached hydrogen (secondary N) is 1. The highest BCUT2D eigenvalue weighted by molar-refractivity contribution is 6.32. The van der Waals surface area contributed by atoms with Gasteiger partial charge < -0.3 is 0 Å². The van der Waals surface area contributed by atoms with E-state index in [1.807, 2.05) is 24.3 Å². The fraction of sp³-hybridized carbons (Fsp3) is 0.100. The molecule has 0 aliphatic heterocycles. The third-order valence-corrected chi connectivity index (χ3v) is 2.46. The summed E-state index contributed by atoms with van der Waals surface area (Å²) in [5, 5.41) is 1.76. The second kappa shape index (κ2) is 3.92. The number of hydrogen-bond acceptors (Lipinski definition) is 3. The van der Waals surface area contributed by atoms with Gasteiger partial charge in [0.15, 0.2) is 0 Å². The minimum atomic E-state index is 0.521. The predicted molar refractivity (Wildman–Crippen MR) is 57.8 cm³/mol. The quantitative estimate of drug-likeness (QED) is 0.584. The van der Waals surface area contributed by atoms with Crippen molar-refractivity contribution in [2.75, 3.05) is 0 Å². The molecule has 14 heavy (non-hydrogen) atoms. The van der Waals surface area contributed by atoms with Gasteiger partial charge in [0.1, 0.15) is 0 Å². The van der Waals surface area contributed by atoms with Crippen molar-refractivity contribution in [3.63, 3.8) is 0 Å². The van der Waals surface area contributed by atoms with E-state index in [2.05, 4.69) is 10.4 Å². The molecule has 1 aromatic carbocycles. The standard InChI is InChI=1S/C10H10ClN3/c11-9-4-3-7-2-1-5-13-10(7)8(9)6-14-12/h1-5,14H,6,12H2. The van der Waals surface area contributed by atoms with Crippen LogP contribution in [0.25, 0.3) is 10.9 Å². The van der Waals surface area contributed by atoms with E-state index in [-0.39, 0.29) is 0 Å². The average molecular weight is 208 g/mol. The number of nitrogens with zero attached hydrogens (tertiary/aromatic N) is 1. The van der Waals surface area contributed by atoms with Crippen LogP contribution in [0.1, 0.15) is 5.56 Å². The van der Waals surface area contributed by atoms with Gasteiger partial charge in [-0.25, -0.2) is 0 Å². The van der Waals surface area contributed by atoms with Gasteiger partial charge in [0, 0.05) is 28.7 Å². The molecule has 2 rings (SSSR count). The average Bonchev–Trinajstić information content (AvgIpc) is 2.23. The van der Waals surface area contributed by atoms with Crippen molar-refractivity contribution in [1.82, 2.24) is 10.4 Å². The second-order valence-corrected chi connectivity index (χ2v) is 3.39. The number of benzene rings is 1. The van der Waals surface area contributed by atoms with Gasteiger partial charge in [-0.1, -0.05) is 23.7 Å². The third kappa shape index (κ3) is 1.57. The lowest BCUT2D eigenvalue weighted by Crippen LogP contribution is -2.21. The molecule has 0 aliphatic rings. The largest absolute Gasteiger partial charge is 0.271 e. The Morgan fingerprint density at radius 2 is 2.21 bits per heavy atom. The lowest BCUT2D eigenvalue weighted by molar-refractivity contribution is 0.744. The monoisotopic (exact) mass is 207 g/mol. The summed E-state index contributed by atoms with van der Waals surface area (Å²) in [6, 6.07) is 7.71. The van der Waals surface area contributed by atoms with E-state index in [0.29, 0.717) is 11.6 Å². The Hall–Kier alpha value is -1.16. The van der Waals surface area contributed by atoms with Gasteiger partial charge in [-0.3, -0.25) is 16.3 Å². The Kier molecular flexibility index (Phi) is 2.63. The molecule has 2 aromatic rings. The van der Waals surface area contributed by atoms with Crippen molar-refractivity contribution in [3.8, 4) is 0 Å². The fourth-order valence-electron chi connectivity index (χ4n) is 1.45. The molecule has 4 heteroatoms. The van der Waals surface area contributed by atoms with E-state index in [0.717, 1.165) is 16.5 Å². The SMILES string of the molecule is NNCc1c(Cl)ccc2cccnc12. The minimum Gasteiger partial charge on any atom is -0.271 e. The summed E-state index contributed by atoms with van der Waals surface area (Å²) in [4.78, 5) is 4.28. The summed E-state index contributed by atoms with van der Waals surface area (Å²) in [6.45, 7) is 0.521. The van der Waals surface area contributed by atoms with E-state index >= 15 is 0 Å². The first-order chi connectivity index (χ1) is 6.83. The van der Waals surface area contributed by atoms with Crippen LogP contribution in [0.4, 0.5) is 0 Å². The minimum absolute atomic E-state index is 0.521. The van der Waals surface area contributed by atoms with E-state index < -0.39 is 0 Å². The molecule has 0 saturated heterocycles. The van der Waals surface area contributed by atoms with Gasteiger partial charge in [0.05, 0.1) is 5.52 Å². The number of rotatable bonds is 2. The number of nitrogens with two attached hydrogens (primary N) is 1. The zero-order valence-electron chi connectivity index (χ0n) is 7.50. The van der Waals surface area contributed by atoms with Crippen LogP contribution in [0.15, 0.2) is 30.5 Å². The van der Waals surface area contributed by atoms with Gasteiger partial charge in [-0.15, -0.1) is 0 Å². The molecule has 0 saturated carbocycles. The summed E-state index contributed by atoms with van der Waals surface area (Å²) in [5.74, 6) is 5.28. The predicted octanol–water partition coefficient (Wildman–Crippen LogP) is 1.85. The van der Waals surface area contributed by atoms with Crippen LogP contribution >= 0.6 is 11.6 Å². The summed E-state index contributed by atoms with van der Waals surface area (Å²) >= 11 is 6.05. The lowest BCUT2D eigenvalue weighted by Gasteiger charge is -2.06. The molecule has 3 N–H and O–H groups in total. The molecule has 72 valence electrons. The van der Waals surface area contributed by atoms with Crippen LogP contribution in [0, 0.1) is 0 Å². The smallest absolute Gasteiger partial charge is 0.0762 e. The molecular formula is C10H10ClN3. The topological polar surface area (TPSA) is 50.9 Å². The third-order valence-electron chi connectivity index (χ3n) is 2.10. The van der Waals surface area contributed by atoms with Gasteiger partial charge in [0.2, 0.25) is 0 Å².